The SMILES string of the molecule is O=S(=O)(NC1C2CNCC21)c1cccs1. The average Bonchev–Trinajstić information content (AvgIpc) is 2.75. The van der Waals surface area contributed by atoms with E-state index in [0.29, 0.717) is 16.0 Å². The van der Waals surface area contributed by atoms with E-state index in [-0.39, 0.29) is 6.04 Å². The van der Waals surface area contributed by atoms with Crippen molar-refractivity contribution in [3.05, 3.63) is 17.5 Å². The topological polar surface area (TPSA) is 58.2 Å². The highest BCUT2D eigenvalue weighted by molar-refractivity contribution is 7.91. The van der Waals surface area contributed by atoms with E-state index >= 15 is 0 Å². The predicted molar refractivity (Wildman–Crippen MR) is 58.3 cm³/mol. The van der Waals surface area contributed by atoms with Gasteiger partial charge in [-0.15, -0.1) is 11.3 Å². The van der Waals surface area contributed by atoms with Gasteiger partial charge >= 0.3 is 0 Å². The van der Waals surface area contributed by atoms with Crippen LogP contribution >= 0.6 is 11.3 Å². The maximum atomic E-state index is 11.9. The van der Waals surface area contributed by atoms with Gasteiger partial charge < -0.3 is 5.32 Å². The summed E-state index contributed by atoms with van der Waals surface area (Å²) in [6.07, 6.45) is 0. The van der Waals surface area contributed by atoms with Crippen molar-refractivity contribution < 1.29 is 8.42 Å². The van der Waals surface area contributed by atoms with E-state index in [0.717, 1.165) is 13.1 Å². The van der Waals surface area contributed by atoms with Crippen LogP contribution in [0.5, 0.6) is 0 Å². The third-order valence-electron chi connectivity index (χ3n) is 3.14. The summed E-state index contributed by atoms with van der Waals surface area (Å²) in [6, 6.07) is 3.57. The van der Waals surface area contributed by atoms with E-state index in [9.17, 15) is 8.42 Å². The molecule has 1 aliphatic heterocycles. The Labute approximate surface area is 92.7 Å². The molecular formula is C9H12N2O2S2. The number of thiophene rings is 1. The summed E-state index contributed by atoms with van der Waals surface area (Å²) >= 11 is 1.26. The lowest BCUT2D eigenvalue weighted by molar-refractivity contribution is 0.567. The molecule has 0 radical (unpaired) electrons. The zero-order chi connectivity index (χ0) is 10.5. The first-order valence-corrected chi connectivity index (χ1v) is 7.31. The summed E-state index contributed by atoms with van der Waals surface area (Å²) in [5.74, 6) is 1.03. The van der Waals surface area contributed by atoms with Crippen molar-refractivity contribution in [2.45, 2.75) is 10.3 Å². The first kappa shape index (κ1) is 9.77. The Morgan fingerprint density at radius 1 is 1.40 bits per heavy atom. The molecule has 6 heteroatoms. The molecular weight excluding hydrogens is 232 g/mol. The fourth-order valence-electron chi connectivity index (χ4n) is 2.25. The van der Waals surface area contributed by atoms with Crippen molar-refractivity contribution in [3.63, 3.8) is 0 Å². The number of sulfonamides is 1. The van der Waals surface area contributed by atoms with Crippen molar-refractivity contribution in [1.82, 2.24) is 10.0 Å². The molecule has 2 fully saturated rings. The van der Waals surface area contributed by atoms with E-state index in [2.05, 4.69) is 10.0 Å². The van der Waals surface area contributed by atoms with Crippen molar-refractivity contribution in [3.8, 4) is 0 Å². The van der Waals surface area contributed by atoms with Crippen LogP contribution in [0.25, 0.3) is 0 Å². The normalized spacial score (nSPS) is 34.0. The molecule has 1 saturated carbocycles. The minimum atomic E-state index is -3.25. The largest absolute Gasteiger partial charge is 0.316 e. The Kier molecular flexibility index (Phi) is 2.14. The van der Waals surface area contributed by atoms with Gasteiger partial charge in [0, 0.05) is 6.04 Å². The van der Waals surface area contributed by atoms with E-state index in [1.807, 2.05) is 0 Å². The molecule has 1 aromatic heterocycles. The van der Waals surface area contributed by atoms with Gasteiger partial charge in [-0.1, -0.05) is 6.07 Å². The lowest BCUT2D eigenvalue weighted by Crippen LogP contribution is -2.32. The summed E-state index contributed by atoms with van der Waals surface area (Å²) < 4.78 is 26.9. The Morgan fingerprint density at radius 2 is 2.13 bits per heavy atom. The fourth-order valence-corrected chi connectivity index (χ4v) is 4.59. The molecule has 2 unspecified atom stereocenters. The predicted octanol–water partition coefficient (Wildman–Crippen LogP) is 0.244. The summed E-state index contributed by atoms with van der Waals surface area (Å²) in [6.45, 7) is 1.89. The molecule has 2 atom stereocenters. The average molecular weight is 244 g/mol. The van der Waals surface area contributed by atoms with Gasteiger partial charge in [-0.05, 0) is 36.4 Å². The lowest BCUT2D eigenvalue weighted by Gasteiger charge is -2.06. The molecule has 3 rings (SSSR count). The van der Waals surface area contributed by atoms with Gasteiger partial charge in [-0.3, -0.25) is 0 Å². The number of hydrogen-bond donors (Lipinski definition) is 2. The quantitative estimate of drug-likeness (QED) is 0.801. The first-order valence-electron chi connectivity index (χ1n) is 4.95. The van der Waals surface area contributed by atoms with Crippen LogP contribution in [0.4, 0.5) is 0 Å². The van der Waals surface area contributed by atoms with Crippen LogP contribution in [0.3, 0.4) is 0 Å². The van der Waals surface area contributed by atoms with Crippen LogP contribution in [-0.4, -0.2) is 27.5 Å². The van der Waals surface area contributed by atoms with Gasteiger partial charge in [0.15, 0.2) is 0 Å². The summed E-state index contributed by atoms with van der Waals surface area (Å²) in [5.41, 5.74) is 0. The number of rotatable bonds is 3. The van der Waals surface area contributed by atoms with Crippen LogP contribution in [0.1, 0.15) is 0 Å². The van der Waals surface area contributed by atoms with E-state index < -0.39 is 10.0 Å². The Bertz CT molecular complexity index is 444. The van der Waals surface area contributed by atoms with Crippen molar-refractivity contribution in [1.29, 1.82) is 0 Å². The van der Waals surface area contributed by atoms with Crippen LogP contribution < -0.4 is 10.0 Å². The minimum absolute atomic E-state index is 0.165. The Morgan fingerprint density at radius 3 is 2.73 bits per heavy atom. The van der Waals surface area contributed by atoms with E-state index in [1.165, 1.54) is 11.3 Å². The Hall–Kier alpha value is -0.430. The van der Waals surface area contributed by atoms with Crippen molar-refractivity contribution in [2.75, 3.05) is 13.1 Å². The van der Waals surface area contributed by atoms with Crippen molar-refractivity contribution in [2.24, 2.45) is 11.8 Å². The summed E-state index contributed by atoms with van der Waals surface area (Å²) in [4.78, 5) is 0. The highest BCUT2D eigenvalue weighted by Gasteiger charge is 2.54. The second kappa shape index (κ2) is 3.28. The highest BCUT2D eigenvalue weighted by atomic mass is 32.2. The van der Waals surface area contributed by atoms with E-state index in [4.69, 9.17) is 0 Å². The standard InChI is InChI=1S/C9H12N2O2S2/c12-15(13,8-2-1-3-14-8)11-9-6-4-10-5-7(6)9/h1-3,6-7,9-11H,4-5H2. The van der Waals surface area contributed by atoms with Gasteiger partial charge in [0.1, 0.15) is 4.21 Å². The molecule has 15 heavy (non-hydrogen) atoms. The van der Waals surface area contributed by atoms with Gasteiger partial charge in [0.2, 0.25) is 10.0 Å². The molecule has 2 heterocycles. The van der Waals surface area contributed by atoms with Crippen LogP contribution in [0.15, 0.2) is 21.7 Å². The lowest BCUT2D eigenvalue weighted by atomic mass is 10.4. The first-order chi connectivity index (χ1) is 7.18. The van der Waals surface area contributed by atoms with Crippen LogP contribution in [0.2, 0.25) is 0 Å². The molecule has 1 aromatic rings. The van der Waals surface area contributed by atoms with E-state index in [1.54, 1.807) is 17.5 Å². The van der Waals surface area contributed by atoms with Crippen molar-refractivity contribution >= 4 is 21.4 Å². The molecule has 0 spiro atoms. The molecule has 0 bridgehead atoms. The van der Waals surface area contributed by atoms with Gasteiger partial charge in [0.25, 0.3) is 0 Å². The number of nitrogens with one attached hydrogen (secondary N) is 2. The monoisotopic (exact) mass is 244 g/mol. The molecule has 2 N–H and O–H groups in total. The molecule has 2 aliphatic rings. The number of hydrogen-bond acceptors (Lipinski definition) is 4. The number of fused-ring (bicyclic) bond motifs is 1. The highest BCUT2D eigenvalue weighted by Crippen LogP contribution is 2.42. The molecule has 4 nitrogen and oxygen atoms in total. The zero-order valence-electron chi connectivity index (χ0n) is 8.01. The third kappa shape index (κ3) is 1.61. The zero-order valence-corrected chi connectivity index (χ0v) is 9.64. The second-order valence-corrected chi connectivity index (χ2v) is 6.95. The maximum Gasteiger partial charge on any atom is 0.250 e. The second-order valence-electron chi connectivity index (χ2n) is 4.07. The fraction of sp³-hybridized carbons (Fsp3) is 0.556. The molecule has 0 aromatic carbocycles. The number of piperidine rings is 1. The Balaban J connectivity index is 1.74. The smallest absolute Gasteiger partial charge is 0.250 e. The van der Waals surface area contributed by atoms with Crippen LogP contribution in [0, 0.1) is 11.8 Å². The summed E-state index contributed by atoms with van der Waals surface area (Å²) in [5, 5.41) is 5.02. The maximum absolute atomic E-state index is 11.9. The van der Waals surface area contributed by atoms with Gasteiger partial charge in [0.05, 0.1) is 0 Å². The molecule has 1 saturated heterocycles. The third-order valence-corrected chi connectivity index (χ3v) is 6.00. The molecule has 82 valence electrons. The van der Waals surface area contributed by atoms with Gasteiger partial charge in [-0.25, -0.2) is 13.1 Å². The molecule has 1 aliphatic carbocycles. The van der Waals surface area contributed by atoms with Crippen LogP contribution in [-0.2, 0) is 10.0 Å². The summed E-state index contributed by atoms with van der Waals surface area (Å²) in [7, 11) is -3.25. The minimum Gasteiger partial charge on any atom is -0.316 e. The van der Waals surface area contributed by atoms with Gasteiger partial charge in [-0.2, -0.15) is 0 Å². The molecule has 0 amide bonds.